The molecule has 0 spiro atoms. The summed E-state index contributed by atoms with van der Waals surface area (Å²) in [5, 5.41) is 3.43. The molecule has 0 saturated carbocycles. The van der Waals surface area contributed by atoms with Gasteiger partial charge < -0.3 is 5.32 Å². The fourth-order valence-corrected chi connectivity index (χ4v) is 1.50. The highest BCUT2D eigenvalue weighted by Crippen LogP contribution is 2.17. The minimum Gasteiger partial charge on any atom is -0.385 e. The average Bonchev–Trinajstić information content (AvgIpc) is 2.27. The average molecular weight is 151 g/mol. The first-order chi connectivity index (χ1) is 5.38. The molecule has 1 nitrogen and oxygen atoms in total. The highest BCUT2D eigenvalue weighted by molar-refractivity contribution is 5.29. The third-order valence-corrected chi connectivity index (χ3v) is 2.17. The van der Waals surface area contributed by atoms with Crippen LogP contribution in [0.4, 0.5) is 0 Å². The molecule has 1 aliphatic heterocycles. The molecule has 1 fully saturated rings. The van der Waals surface area contributed by atoms with E-state index in [1.54, 1.807) is 0 Å². The van der Waals surface area contributed by atoms with Crippen LogP contribution in [-0.4, -0.2) is 6.54 Å². The first-order valence-electron chi connectivity index (χ1n) is 4.44. The fourth-order valence-electron chi connectivity index (χ4n) is 1.50. The zero-order valence-corrected chi connectivity index (χ0v) is 7.48. The molecule has 1 aliphatic rings. The zero-order valence-electron chi connectivity index (χ0n) is 7.48. The van der Waals surface area contributed by atoms with Gasteiger partial charge in [0.15, 0.2) is 0 Å². The second-order valence-corrected chi connectivity index (χ2v) is 2.90. The molecule has 1 saturated heterocycles. The van der Waals surface area contributed by atoms with E-state index < -0.39 is 0 Å². The van der Waals surface area contributed by atoms with E-state index in [4.69, 9.17) is 0 Å². The molecule has 0 aromatic carbocycles. The number of hydrogen-bond acceptors (Lipinski definition) is 1. The molecule has 0 aliphatic carbocycles. The van der Waals surface area contributed by atoms with E-state index in [-0.39, 0.29) is 0 Å². The monoisotopic (exact) mass is 151 g/mol. The van der Waals surface area contributed by atoms with Crippen LogP contribution in [0, 0.1) is 0 Å². The minimum atomic E-state index is 1.14. The summed E-state index contributed by atoms with van der Waals surface area (Å²) in [6, 6.07) is 0. The quantitative estimate of drug-likeness (QED) is 0.561. The lowest BCUT2D eigenvalue weighted by molar-refractivity contribution is 0.731. The van der Waals surface area contributed by atoms with E-state index in [1.165, 1.54) is 30.5 Å². The van der Waals surface area contributed by atoms with Crippen LogP contribution in [0.5, 0.6) is 0 Å². The van der Waals surface area contributed by atoms with E-state index in [2.05, 4.69) is 31.3 Å². The van der Waals surface area contributed by atoms with Crippen LogP contribution < -0.4 is 5.32 Å². The Bertz CT molecular complexity index is 157. The summed E-state index contributed by atoms with van der Waals surface area (Å²) in [6.07, 6.45) is 8.25. The van der Waals surface area contributed by atoms with E-state index >= 15 is 0 Å². The number of rotatable bonds is 0. The van der Waals surface area contributed by atoms with Crippen molar-refractivity contribution in [3.05, 3.63) is 23.4 Å². The summed E-state index contributed by atoms with van der Waals surface area (Å²) < 4.78 is 0. The van der Waals surface area contributed by atoms with Gasteiger partial charge in [0.05, 0.1) is 0 Å². The molecule has 1 heteroatoms. The molecule has 0 bridgehead atoms. The van der Waals surface area contributed by atoms with Gasteiger partial charge in [0.1, 0.15) is 0 Å². The summed E-state index contributed by atoms with van der Waals surface area (Å²) in [6.45, 7) is 5.35. The Balaban J connectivity index is 2.71. The van der Waals surface area contributed by atoms with Crippen LogP contribution in [0.2, 0.25) is 0 Å². The van der Waals surface area contributed by atoms with Crippen LogP contribution in [0.15, 0.2) is 23.4 Å². The molecule has 62 valence electrons. The lowest BCUT2D eigenvalue weighted by Gasteiger charge is -2.07. The Labute approximate surface area is 69.2 Å². The highest BCUT2D eigenvalue weighted by atomic mass is 14.9. The summed E-state index contributed by atoms with van der Waals surface area (Å²) in [5.74, 6) is 0. The molecule has 0 aromatic rings. The molecule has 0 amide bonds. The topological polar surface area (TPSA) is 12.0 Å². The Kier molecular flexibility index (Phi) is 3.21. The van der Waals surface area contributed by atoms with Gasteiger partial charge in [0, 0.05) is 12.2 Å². The zero-order chi connectivity index (χ0) is 8.10. The maximum Gasteiger partial charge on any atom is 0.0326 e. The largest absolute Gasteiger partial charge is 0.385 e. The third-order valence-electron chi connectivity index (χ3n) is 2.17. The van der Waals surface area contributed by atoms with Crippen molar-refractivity contribution in [1.29, 1.82) is 0 Å². The van der Waals surface area contributed by atoms with Gasteiger partial charge in [-0.1, -0.05) is 12.2 Å². The minimum absolute atomic E-state index is 1.14. The molecule has 11 heavy (non-hydrogen) atoms. The summed E-state index contributed by atoms with van der Waals surface area (Å²) in [7, 11) is 0. The van der Waals surface area contributed by atoms with Crippen LogP contribution in [0.1, 0.15) is 33.1 Å². The van der Waals surface area contributed by atoms with Crippen molar-refractivity contribution in [2.24, 2.45) is 0 Å². The molecule has 0 radical (unpaired) electrons. The van der Waals surface area contributed by atoms with Gasteiger partial charge in [-0.05, 0) is 38.7 Å². The molecular formula is C10H17N. The molecule has 1 heterocycles. The number of nitrogens with one attached hydrogen (secondary N) is 1. The fraction of sp³-hybridized carbons (Fsp3) is 0.600. The van der Waals surface area contributed by atoms with Crippen LogP contribution in [0.3, 0.4) is 0 Å². The summed E-state index contributed by atoms with van der Waals surface area (Å²) in [4.78, 5) is 0. The van der Waals surface area contributed by atoms with Crippen molar-refractivity contribution in [2.75, 3.05) is 6.54 Å². The predicted octanol–water partition coefficient (Wildman–Crippen LogP) is 2.61. The molecule has 1 N–H and O–H groups in total. The molecule has 0 aromatic heterocycles. The molecule has 0 unspecified atom stereocenters. The van der Waals surface area contributed by atoms with E-state index in [0.717, 1.165) is 6.54 Å². The second kappa shape index (κ2) is 4.22. The van der Waals surface area contributed by atoms with Gasteiger partial charge in [0.2, 0.25) is 0 Å². The lowest BCUT2D eigenvalue weighted by Crippen LogP contribution is -2.12. The predicted molar refractivity (Wildman–Crippen MR) is 49.4 cm³/mol. The number of allylic oxidation sites excluding steroid dienone is 3. The van der Waals surface area contributed by atoms with Gasteiger partial charge in [-0.15, -0.1) is 0 Å². The Morgan fingerprint density at radius 2 is 2.00 bits per heavy atom. The smallest absolute Gasteiger partial charge is 0.0326 e. The van der Waals surface area contributed by atoms with Crippen LogP contribution in [-0.2, 0) is 0 Å². The lowest BCUT2D eigenvalue weighted by atomic mass is 10.1. The van der Waals surface area contributed by atoms with Gasteiger partial charge in [-0.2, -0.15) is 0 Å². The summed E-state index contributed by atoms with van der Waals surface area (Å²) >= 11 is 0. The van der Waals surface area contributed by atoms with E-state index in [1.807, 2.05) is 0 Å². The van der Waals surface area contributed by atoms with Gasteiger partial charge in [0.25, 0.3) is 0 Å². The molecule has 0 atom stereocenters. The third kappa shape index (κ3) is 2.11. The first kappa shape index (κ1) is 8.38. The van der Waals surface area contributed by atoms with Crippen molar-refractivity contribution >= 4 is 0 Å². The van der Waals surface area contributed by atoms with Crippen molar-refractivity contribution in [3.8, 4) is 0 Å². The maximum atomic E-state index is 3.43. The van der Waals surface area contributed by atoms with Crippen molar-refractivity contribution in [3.63, 3.8) is 0 Å². The van der Waals surface area contributed by atoms with Gasteiger partial charge >= 0.3 is 0 Å². The number of hydrogen-bond donors (Lipinski definition) is 1. The Morgan fingerprint density at radius 1 is 1.18 bits per heavy atom. The van der Waals surface area contributed by atoms with E-state index in [9.17, 15) is 0 Å². The SMILES string of the molecule is C/C=C1/CCCCN/C1=C/C. The Hall–Kier alpha value is -0.720. The standard InChI is InChI=1S/C10H17N/c1-3-9-7-5-6-8-11-10(9)4-2/h3-4,11H,5-8H2,1-2H3/b9-3-,10-4+. The summed E-state index contributed by atoms with van der Waals surface area (Å²) in [5.41, 5.74) is 2.81. The van der Waals surface area contributed by atoms with Gasteiger partial charge in [-0.3, -0.25) is 0 Å². The van der Waals surface area contributed by atoms with Crippen molar-refractivity contribution in [2.45, 2.75) is 33.1 Å². The molecular weight excluding hydrogens is 134 g/mol. The second-order valence-electron chi connectivity index (χ2n) is 2.90. The van der Waals surface area contributed by atoms with Crippen LogP contribution in [0.25, 0.3) is 0 Å². The van der Waals surface area contributed by atoms with Crippen molar-refractivity contribution in [1.82, 2.24) is 5.32 Å². The normalized spacial score (nSPS) is 26.7. The van der Waals surface area contributed by atoms with Crippen LogP contribution >= 0.6 is 0 Å². The van der Waals surface area contributed by atoms with E-state index in [0.29, 0.717) is 0 Å². The first-order valence-corrected chi connectivity index (χ1v) is 4.44. The van der Waals surface area contributed by atoms with Crippen molar-refractivity contribution < 1.29 is 0 Å². The maximum absolute atomic E-state index is 3.43. The highest BCUT2D eigenvalue weighted by Gasteiger charge is 2.06. The Morgan fingerprint density at radius 3 is 2.64 bits per heavy atom. The van der Waals surface area contributed by atoms with Gasteiger partial charge in [-0.25, -0.2) is 0 Å². The molecule has 1 rings (SSSR count).